The Labute approximate surface area is 151 Å². The third-order valence-corrected chi connectivity index (χ3v) is 4.24. The van der Waals surface area contributed by atoms with Crippen molar-refractivity contribution in [2.24, 2.45) is 0 Å². The lowest BCUT2D eigenvalue weighted by Crippen LogP contribution is -2.12. The van der Waals surface area contributed by atoms with E-state index in [9.17, 15) is 4.39 Å². The molecule has 0 aliphatic heterocycles. The summed E-state index contributed by atoms with van der Waals surface area (Å²) in [6, 6.07) is 14.8. The highest BCUT2D eigenvalue weighted by atomic mass is 19.1. The lowest BCUT2D eigenvalue weighted by Gasteiger charge is -2.09. The number of halogens is 1. The molecule has 2 nitrogen and oxygen atoms in total. The van der Waals surface area contributed by atoms with E-state index in [1.807, 2.05) is 24.3 Å². The highest BCUT2D eigenvalue weighted by molar-refractivity contribution is 5.28. The first-order valence-corrected chi connectivity index (χ1v) is 9.45. The Balaban J connectivity index is 1.65. The molecular weight excluding hydrogens is 313 g/mol. The fourth-order valence-electron chi connectivity index (χ4n) is 2.77. The maximum Gasteiger partial charge on any atom is 0.123 e. The molecule has 0 heterocycles. The van der Waals surface area contributed by atoms with E-state index in [1.165, 1.54) is 49.8 Å². The van der Waals surface area contributed by atoms with Crippen LogP contribution in [0.2, 0.25) is 0 Å². The smallest absolute Gasteiger partial charge is 0.123 e. The van der Waals surface area contributed by atoms with Crippen LogP contribution in [-0.4, -0.2) is 6.61 Å². The normalized spacial score (nSPS) is 10.8. The van der Waals surface area contributed by atoms with Crippen molar-refractivity contribution >= 4 is 0 Å². The summed E-state index contributed by atoms with van der Waals surface area (Å²) in [7, 11) is 0. The number of ether oxygens (including phenoxy) is 1. The number of unbranched alkanes of at least 4 members (excludes halogenated alkanes) is 5. The second kappa shape index (κ2) is 11.6. The minimum Gasteiger partial charge on any atom is -0.494 e. The van der Waals surface area contributed by atoms with Gasteiger partial charge in [0.25, 0.3) is 0 Å². The number of rotatable bonds is 12. The van der Waals surface area contributed by atoms with E-state index in [0.29, 0.717) is 0 Å². The molecular formula is C22H30FNO. The quantitative estimate of drug-likeness (QED) is 0.488. The molecule has 2 rings (SSSR count). The van der Waals surface area contributed by atoms with Crippen molar-refractivity contribution in [3.05, 3.63) is 65.5 Å². The molecule has 0 unspecified atom stereocenters. The Morgan fingerprint density at radius 1 is 0.840 bits per heavy atom. The van der Waals surface area contributed by atoms with Crippen LogP contribution in [0.5, 0.6) is 5.75 Å². The molecule has 1 N–H and O–H groups in total. The van der Waals surface area contributed by atoms with E-state index in [-0.39, 0.29) is 5.82 Å². The van der Waals surface area contributed by atoms with Crippen LogP contribution in [0.3, 0.4) is 0 Å². The van der Waals surface area contributed by atoms with Gasteiger partial charge in [-0.1, -0.05) is 63.3 Å². The topological polar surface area (TPSA) is 21.3 Å². The average molecular weight is 343 g/mol. The molecule has 0 aromatic heterocycles. The van der Waals surface area contributed by atoms with Crippen LogP contribution in [0.25, 0.3) is 0 Å². The summed E-state index contributed by atoms with van der Waals surface area (Å²) in [4.78, 5) is 0. The standard InChI is InChI=1S/C22H30FNO/c1-2-3-4-5-6-7-15-25-22-10-8-9-20(16-22)18-24-17-19-11-13-21(23)14-12-19/h8-14,16,24H,2-7,15,17-18H2,1H3. The Kier molecular flexibility index (Phi) is 9.06. The van der Waals surface area contributed by atoms with Crippen LogP contribution in [0.4, 0.5) is 4.39 Å². The molecule has 0 aliphatic rings. The summed E-state index contributed by atoms with van der Waals surface area (Å²) in [6.45, 7) is 4.53. The summed E-state index contributed by atoms with van der Waals surface area (Å²) in [5.41, 5.74) is 2.28. The highest BCUT2D eigenvalue weighted by Crippen LogP contribution is 2.14. The number of hydrogen-bond acceptors (Lipinski definition) is 2. The molecule has 0 fully saturated rings. The zero-order valence-corrected chi connectivity index (χ0v) is 15.3. The van der Waals surface area contributed by atoms with Crippen LogP contribution < -0.4 is 10.1 Å². The van der Waals surface area contributed by atoms with Gasteiger partial charge in [0, 0.05) is 13.1 Å². The van der Waals surface area contributed by atoms with Crippen molar-refractivity contribution in [1.29, 1.82) is 0 Å². The molecule has 0 bridgehead atoms. The predicted molar refractivity (Wildman–Crippen MR) is 102 cm³/mol. The van der Waals surface area contributed by atoms with E-state index in [0.717, 1.165) is 37.4 Å². The summed E-state index contributed by atoms with van der Waals surface area (Å²) < 4.78 is 18.8. The fourth-order valence-corrected chi connectivity index (χ4v) is 2.77. The van der Waals surface area contributed by atoms with Crippen molar-refractivity contribution in [2.45, 2.75) is 58.5 Å². The molecule has 25 heavy (non-hydrogen) atoms. The Morgan fingerprint density at radius 3 is 2.36 bits per heavy atom. The van der Waals surface area contributed by atoms with Crippen LogP contribution >= 0.6 is 0 Å². The van der Waals surface area contributed by atoms with Crippen molar-refractivity contribution in [1.82, 2.24) is 5.32 Å². The van der Waals surface area contributed by atoms with Gasteiger partial charge in [0.2, 0.25) is 0 Å². The maximum atomic E-state index is 12.9. The van der Waals surface area contributed by atoms with Gasteiger partial charge in [0.1, 0.15) is 11.6 Å². The second-order valence-electron chi connectivity index (χ2n) is 6.49. The first-order valence-electron chi connectivity index (χ1n) is 9.45. The third kappa shape index (κ3) is 8.17. The number of hydrogen-bond donors (Lipinski definition) is 1. The van der Waals surface area contributed by atoms with Gasteiger partial charge in [-0.25, -0.2) is 4.39 Å². The monoisotopic (exact) mass is 343 g/mol. The number of nitrogens with one attached hydrogen (secondary N) is 1. The lowest BCUT2D eigenvalue weighted by molar-refractivity contribution is 0.304. The predicted octanol–water partition coefficient (Wildman–Crippen LogP) is 5.85. The van der Waals surface area contributed by atoms with E-state index in [4.69, 9.17) is 4.74 Å². The van der Waals surface area contributed by atoms with E-state index >= 15 is 0 Å². The SMILES string of the molecule is CCCCCCCCOc1cccc(CNCc2ccc(F)cc2)c1. The molecule has 0 aliphatic carbocycles. The van der Waals surface area contributed by atoms with Gasteiger partial charge in [0.15, 0.2) is 0 Å². The van der Waals surface area contributed by atoms with Crippen molar-refractivity contribution < 1.29 is 9.13 Å². The van der Waals surface area contributed by atoms with Gasteiger partial charge in [-0.2, -0.15) is 0 Å². The summed E-state index contributed by atoms with van der Waals surface area (Å²) >= 11 is 0. The summed E-state index contributed by atoms with van der Waals surface area (Å²) in [5, 5.41) is 3.38. The van der Waals surface area contributed by atoms with E-state index in [1.54, 1.807) is 0 Å². The van der Waals surface area contributed by atoms with Crippen LogP contribution in [0.15, 0.2) is 48.5 Å². The summed E-state index contributed by atoms with van der Waals surface area (Å²) in [6.07, 6.45) is 7.65. The van der Waals surface area contributed by atoms with E-state index in [2.05, 4.69) is 24.4 Å². The molecule has 0 spiro atoms. The fraction of sp³-hybridized carbons (Fsp3) is 0.455. The molecule has 0 atom stereocenters. The molecule has 0 saturated carbocycles. The zero-order chi connectivity index (χ0) is 17.7. The average Bonchev–Trinajstić information content (AvgIpc) is 2.63. The molecule has 0 saturated heterocycles. The Bertz CT molecular complexity index is 597. The minimum atomic E-state index is -0.195. The second-order valence-corrected chi connectivity index (χ2v) is 6.49. The molecule has 2 aromatic rings. The first-order chi connectivity index (χ1) is 12.3. The van der Waals surface area contributed by atoms with Gasteiger partial charge in [0.05, 0.1) is 6.61 Å². The largest absolute Gasteiger partial charge is 0.494 e. The van der Waals surface area contributed by atoms with Gasteiger partial charge in [-0.05, 0) is 41.8 Å². The van der Waals surface area contributed by atoms with Gasteiger partial charge < -0.3 is 10.1 Å². The van der Waals surface area contributed by atoms with Gasteiger partial charge >= 0.3 is 0 Å². The van der Waals surface area contributed by atoms with E-state index < -0.39 is 0 Å². The third-order valence-electron chi connectivity index (χ3n) is 4.24. The minimum absolute atomic E-state index is 0.195. The molecule has 2 aromatic carbocycles. The first kappa shape index (κ1) is 19.5. The van der Waals surface area contributed by atoms with Gasteiger partial charge in [-0.15, -0.1) is 0 Å². The maximum absolute atomic E-state index is 12.9. The molecule has 0 radical (unpaired) electrons. The summed E-state index contributed by atoms with van der Waals surface area (Å²) in [5.74, 6) is 0.744. The van der Waals surface area contributed by atoms with Crippen molar-refractivity contribution in [3.63, 3.8) is 0 Å². The zero-order valence-electron chi connectivity index (χ0n) is 15.3. The van der Waals surface area contributed by atoms with Crippen molar-refractivity contribution in [2.75, 3.05) is 6.61 Å². The molecule has 136 valence electrons. The van der Waals surface area contributed by atoms with Crippen LogP contribution in [0, 0.1) is 5.82 Å². The Hall–Kier alpha value is -1.87. The molecule has 0 amide bonds. The highest BCUT2D eigenvalue weighted by Gasteiger charge is 1.99. The van der Waals surface area contributed by atoms with Crippen LogP contribution in [0.1, 0.15) is 56.6 Å². The molecule has 3 heteroatoms. The van der Waals surface area contributed by atoms with Gasteiger partial charge in [-0.3, -0.25) is 0 Å². The Morgan fingerprint density at radius 2 is 1.56 bits per heavy atom. The lowest BCUT2D eigenvalue weighted by atomic mass is 10.1. The van der Waals surface area contributed by atoms with Crippen LogP contribution in [-0.2, 0) is 13.1 Å². The van der Waals surface area contributed by atoms with Crippen molar-refractivity contribution in [3.8, 4) is 5.75 Å². The number of benzene rings is 2.